The molecule has 0 spiro atoms. The molecule has 14 heavy (non-hydrogen) atoms. The van der Waals surface area contributed by atoms with Gasteiger partial charge in [0, 0.05) is 4.43 Å². The maximum Gasteiger partial charge on any atom is 0.0253 e. The van der Waals surface area contributed by atoms with Gasteiger partial charge in [0.2, 0.25) is 0 Å². The molecule has 0 unspecified atom stereocenters. The molecular formula is C13H11I. The smallest absolute Gasteiger partial charge is 0.0253 e. The van der Waals surface area contributed by atoms with E-state index in [1.54, 1.807) is 0 Å². The summed E-state index contributed by atoms with van der Waals surface area (Å²) in [5.41, 5.74) is 2.58. The normalized spacial score (nSPS) is 10.4. The largest absolute Gasteiger partial charge is 0.0985 e. The molecule has 0 heterocycles. The van der Waals surface area contributed by atoms with E-state index in [1.165, 1.54) is 21.9 Å². The summed E-state index contributed by atoms with van der Waals surface area (Å²) in [5, 5.41) is 2.66. The highest BCUT2D eigenvalue weighted by Gasteiger charge is 1.99. The Balaban J connectivity index is 2.76. The van der Waals surface area contributed by atoms with Crippen LogP contribution in [0.3, 0.4) is 0 Å². The fraction of sp³-hybridized carbons (Fsp3) is 0.0769. The van der Waals surface area contributed by atoms with Gasteiger partial charge < -0.3 is 0 Å². The lowest BCUT2D eigenvalue weighted by molar-refractivity contribution is 1.51. The van der Waals surface area contributed by atoms with Crippen LogP contribution in [0.4, 0.5) is 0 Å². The van der Waals surface area contributed by atoms with Crippen LogP contribution in [0.1, 0.15) is 11.1 Å². The molecule has 0 radical (unpaired) electrons. The minimum Gasteiger partial charge on any atom is -0.0985 e. The molecule has 2 aromatic rings. The lowest BCUT2D eigenvalue weighted by Crippen LogP contribution is -1.82. The Morgan fingerprint density at radius 3 is 2.79 bits per heavy atom. The predicted octanol–water partition coefficient (Wildman–Crippen LogP) is 4.42. The standard InChI is InChI=1S/C13H11I/c1-2-10-6-7-11-4-3-5-12(9-14)13(11)8-10/h2-8H,1,9H2. The van der Waals surface area contributed by atoms with Gasteiger partial charge in [-0.1, -0.05) is 65.6 Å². The molecule has 2 aromatic carbocycles. The zero-order valence-corrected chi connectivity index (χ0v) is 9.99. The molecule has 0 aliphatic heterocycles. The fourth-order valence-corrected chi connectivity index (χ4v) is 2.26. The Morgan fingerprint density at radius 1 is 1.21 bits per heavy atom. The van der Waals surface area contributed by atoms with Crippen molar-refractivity contribution in [3.63, 3.8) is 0 Å². The first-order chi connectivity index (χ1) is 6.85. The van der Waals surface area contributed by atoms with Crippen molar-refractivity contribution in [3.05, 3.63) is 54.1 Å². The predicted molar refractivity (Wildman–Crippen MR) is 71.8 cm³/mol. The highest BCUT2D eigenvalue weighted by atomic mass is 127. The van der Waals surface area contributed by atoms with E-state index in [0.717, 1.165) is 4.43 Å². The van der Waals surface area contributed by atoms with Gasteiger partial charge in [-0.3, -0.25) is 0 Å². The summed E-state index contributed by atoms with van der Waals surface area (Å²) in [6.07, 6.45) is 1.89. The van der Waals surface area contributed by atoms with Crippen LogP contribution < -0.4 is 0 Å². The third kappa shape index (κ3) is 1.69. The zero-order chi connectivity index (χ0) is 9.97. The van der Waals surface area contributed by atoms with Crippen molar-refractivity contribution in [1.29, 1.82) is 0 Å². The van der Waals surface area contributed by atoms with Crippen LogP contribution in [0.5, 0.6) is 0 Å². The quantitative estimate of drug-likeness (QED) is 0.568. The Kier molecular flexibility index (Phi) is 2.87. The highest BCUT2D eigenvalue weighted by molar-refractivity contribution is 14.1. The van der Waals surface area contributed by atoms with Gasteiger partial charge in [-0.25, -0.2) is 0 Å². The number of hydrogen-bond acceptors (Lipinski definition) is 0. The van der Waals surface area contributed by atoms with Crippen LogP contribution in [-0.2, 0) is 4.43 Å². The summed E-state index contributed by atoms with van der Waals surface area (Å²) < 4.78 is 1.05. The second kappa shape index (κ2) is 4.13. The Hall–Kier alpha value is -0.830. The van der Waals surface area contributed by atoms with E-state index in [4.69, 9.17) is 0 Å². The van der Waals surface area contributed by atoms with E-state index >= 15 is 0 Å². The highest BCUT2D eigenvalue weighted by Crippen LogP contribution is 2.22. The zero-order valence-electron chi connectivity index (χ0n) is 7.83. The molecule has 0 atom stereocenters. The summed E-state index contributed by atoms with van der Waals surface area (Å²) in [6.45, 7) is 3.79. The van der Waals surface area contributed by atoms with Crippen LogP contribution in [0, 0.1) is 0 Å². The van der Waals surface area contributed by atoms with E-state index in [-0.39, 0.29) is 0 Å². The van der Waals surface area contributed by atoms with Gasteiger partial charge in [0.05, 0.1) is 0 Å². The second-order valence-electron chi connectivity index (χ2n) is 3.24. The third-order valence-corrected chi connectivity index (χ3v) is 3.20. The number of alkyl halides is 1. The van der Waals surface area contributed by atoms with Gasteiger partial charge in [0.15, 0.2) is 0 Å². The van der Waals surface area contributed by atoms with E-state index < -0.39 is 0 Å². The van der Waals surface area contributed by atoms with Gasteiger partial charge in [0.1, 0.15) is 0 Å². The monoisotopic (exact) mass is 294 g/mol. The maximum absolute atomic E-state index is 3.79. The number of benzene rings is 2. The Morgan fingerprint density at radius 2 is 2.07 bits per heavy atom. The van der Waals surface area contributed by atoms with Crippen molar-refractivity contribution >= 4 is 39.4 Å². The van der Waals surface area contributed by atoms with Crippen LogP contribution in [0.25, 0.3) is 16.8 Å². The van der Waals surface area contributed by atoms with Crippen LogP contribution in [0.15, 0.2) is 43.0 Å². The third-order valence-electron chi connectivity index (χ3n) is 2.38. The molecule has 0 saturated carbocycles. The molecule has 0 aliphatic rings. The first-order valence-corrected chi connectivity index (χ1v) is 6.08. The average molecular weight is 294 g/mol. The van der Waals surface area contributed by atoms with Crippen LogP contribution >= 0.6 is 22.6 Å². The van der Waals surface area contributed by atoms with E-state index in [0.29, 0.717) is 0 Å². The van der Waals surface area contributed by atoms with Crippen LogP contribution in [-0.4, -0.2) is 0 Å². The minimum absolute atomic E-state index is 1.05. The number of rotatable bonds is 2. The molecule has 0 N–H and O–H groups in total. The molecule has 70 valence electrons. The van der Waals surface area contributed by atoms with Gasteiger partial charge >= 0.3 is 0 Å². The average Bonchev–Trinajstić information content (AvgIpc) is 2.27. The van der Waals surface area contributed by atoms with Gasteiger partial charge in [-0.2, -0.15) is 0 Å². The number of halogens is 1. The lowest BCUT2D eigenvalue weighted by atomic mass is 10.0. The van der Waals surface area contributed by atoms with Crippen molar-refractivity contribution in [3.8, 4) is 0 Å². The summed E-state index contributed by atoms with van der Waals surface area (Å²) in [5.74, 6) is 0. The van der Waals surface area contributed by atoms with Gasteiger partial charge in [-0.15, -0.1) is 0 Å². The van der Waals surface area contributed by atoms with Crippen molar-refractivity contribution in [2.75, 3.05) is 0 Å². The Bertz CT molecular complexity index is 472. The second-order valence-corrected chi connectivity index (χ2v) is 4.00. The summed E-state index contributed by atoms with van der Waals surface area (Å²) >= 11 is 2.40. The first kappa shape index (κ1) is 9.71. The number of hydrogen-bond donors (Lipinski definition) is 0. The summed E-state index contributed by atoms with van der Waals surface area (Å²) in [4.78, 5) is 0. The van der Waals surface area contributed by atoms with E-state index in [9.17, 15) is 0 Å². The van der Waals surface area contributed by atoms with Gasteiger partial charge in [-0.05, 0) is 28.0 Å². The van der Waals surface area contributed by atoms with E-state index in [2.05, 4.69) is 65.6 Å². The molecule has 0 nitrogen and oxygen atoms in total. The topological polar surface area (TPSA) is 0 Å². The van der Waals surface area contributed by atoms with Crippen molar-refractivity contribution in [2.45, 2.75) is 4.43 Å². The molecule has 0 aliphatic carbocycles. The molecule has 0 fully saturated rings. The lowest BCUT2D eigenvalue weighted by Gasteiger charge is -2.04. The Labute approximate surface area is 97.8 Å². The molecule has 2 rings (SSSR count). The van der Waals surface area contributed by atoms with Crippen LogP contribution in [0.2, 0.25) is 0 Å². The molecule has 0 bridgehead atoms. The molecule has 0 amide bonds. The SMILES string of the molecule is C=Cc1ccc2cccc(CI)c2c1. The summed E-state index contributed by atoms with van der Waals surface area (Å²) in [7, 11) is 0. The summed E-state index contributed by atoms with van der Waals surface area (Å²) in [6, 6.07) is 12.9. The van der Waals surface area contributed by atoms with E-state index in [1.807, 2.05) is 6.08 Å². The number of fused-ring (bicyclic) bond motifs is 1. The maximum atomic E-state index is 3.79. The van der Waals surface area contributed by atoms with Crippen molar-refractivity contribution < 1.29 is 0 Å². The molecule has 1 heteroatoms. The molecule has 0 aromatic heterocycles. The fourth-order valence-electron chi connectivity index (χ4n) is 1.60. The van der Waals surface area contributed by atoms with Crippen molar-refractivity contribution in [2.24, 2.45) is 0 Å². The molecular weight excluding hydrogens is 283 g/mol. The minimum atomic E-state index is 1.05. The van der Waals surface area contributed by atoms with Crippen molar-refractivity contribution in [1.82, 2.24) is 0 Å². The first-order valence-electron chi connectivity index (χ1n) is 4.55. The van der Waals surface area contributed by atoms with Gasteiger partial charge in [0.25, 0.3) is 0 Å². The molecule has 0 saturated heterocycles.